The van der Waals surface area contributed by atoms with Gasteiger partial charge in [0, 0.05) is 27.4 Å². The van der Waals surface area contributed by atoms with E-state index in [1.54, 1.807) is 18.9 Å². The Morgan fingerprint density at radius 1 is 1.10 bits per heavy atom. The van der Waals surface area contributed by atoms with E-state index in [-0.39, 0.29) is 5.91 Å². The molecule has 0 saturated heterocycles. The van der Waals surface area contributed by atoms with Gasteiger partial charge in [0.15, 0.2) is 0 Å². The van der Waals surface area contributed by atoms with Crippen molar-refractivity contribution in [3.05, 3.63) is 88.0 Å². The van der Waals surface area contributed by atoms with Crippen molar-refractivity contribution in [2.24, 2.45) is 0 Å². The van der Waals surface area contributed by atoms with Crippen LogP contribution in [-0.2, 0) is 6.54 Å². The molecule has 0 spiro atoms. The number of rotatable bonds is 6. The molecule has 1 amide bonds. The number of carbonyl (C=O) groups excluding carboxylic acids is 1. The Morgan fingerprint density at radius 2 is 1.90 bits per heavy atom. The predicted octanol–water partition coefficient (Wildman–Crippen LogP) is 6.33. The number of fused-ring (bicyclic) bond motifs is 1. The molecule has 4 nitrogen and oxygen atoms in total. The van der Waals surface area contributed by atoms with Crippen molar-refractivity contribution < 1.29 is 9.53 Å². The first-order chi connectivity index (χ1) is 14.5. The molecule has 0 fully saturated rings. The van der Waals surface area contributed by atoms with Crippen molar-refractivity contribution in [2.45, 2.75) is 23.3 Å². The molecule has 0 bridgehead atoms. The SMILES string of the molecule is COc1ccc2c(Sc3ccc(C)cc3)c(C(=O)NCc3cccc(Br)c3)[nH]c2c1. The van der Waals surface area contributed by atoms with Crippen molar-refractivity contribution in [3.8, 4) is 5.75 Å². The van der Waals surface area contributed by atoms with Gasteiger partial charge in [0.05, 0.1) is 17.5 Å². The summed E-state index contributed by atoms with van der Waals surface area (Å²) in [6.07, 6.45) is 0. The summed E-state index contributed by atoms with van der Waals surface area (Å²) < 4.78 is 6.34. The van der Waals surface area contributed by atoms with Crippen LogP contribution in [-0.4, -0.2) is 18.0 Å². The van der Waals surface area contributed by atoms with E-state index in [4.69, 9.17) is 4.74 Å². The van der Waals surface area contributed by atoms with Crippen molar-refractivity contribution >= 4 is 44.5 Å². The highest BCUT2D eigenvalue weighted by Crippen LogP contribution is 2.38. The predicted molar refractivity (Wildman–Crippen MR) is 125 cm³/mol. The second kappa shape index (κ2) is 8.98. The molecule has 0 aliphatic heterocycles. The van der Waals surface area contributed by atoms with Crippen LogP contribution in [0.4, 0.5) is 0 Å². The van der Waals surface area contributed by atoms with E-state index in [2.05, 4.69) is 57.4 Å². The third kappa shape index (κ3) is 4.55. The lowest BCUT2D eigenvalue weighted by Gasteiger charge is -2.08. The molecular formula is C24H21BrN2O2S. The largest absolute Gasteiger partial charge is 0.497 e. The van der Waals surface area contributed by atoms with Crippen LogP contribution in [0.25, 0.3) is 10.9 Å². The summed E-state index contributed by atoms with van der Waals surface area (Å²) in [5.74, 6) is 0.608. The van der Waals surface area contributed by atoms with Gasteiger partial charge in [-0.2, -0.15) is 0 Å². The van der Waals surface area contributed by atoms with Gasteiger partial charge in [0.25, 0.3) is 5.91 Å². The number of ether oxygens (including phenoxy) is 1. The Balaban J connectivity index is 1.67. The summed E-state index contributed by atoms with van der Waals surface area (Å²) in [4.78, 5) is 18.4. The molecule has 0 saturated carbocycles. The van der Waals surface area contributed by atoms with Crippen LogP contribution in [0.15, 0.2) is 81.0 Å². The first-order valence-corrected chi connectivity index (χ1v) is 11.1. The number of aromatic amines is 1. The lowest BCUT2D eigenvalue weighted by molar-refractivity contribution is 0.0944. The molecule has 4 rings (SSSR count). The highest BCUT2D eigenvalue weighted by atomic mass is 79.9. The zero-order valence-electron chi connectivity index (χ0n) is 16.7. The van der Waals surface area contributed by atoms with Gasteiger partial charge in [-0.1, -0.05) is 57.5 Å². The van der Waals surface area contributed by atoms with Gasteiger partial charge in [0.2, 0.25) is 0 Å². The van der Waals surface area contributed by atoms with Crippen LogP contribution in [0.2, 0.25) is 0 Å². The van der Waals surface area contributed by atoms with Crippen LogP contribution < -0.4 is 10.1 Å². The smallest absolute Gasteiger partial charge is 0.269 e. The number of amides is 1. The monoisotopic (exact) mass is 480 g/mol. The summed E-state index contributed by atoms with van der Waals surface area (Å²) in [6.45, 7) is 2.51. The van der Waals surface area contributed by atoms with E-state index in [0.717, 1.165) is 36.5 Å². The van der Waals surface area contributed by atoms with Crippen molar-refractivity contribution in [1.29, 1.82) is 0 Å². The molecule has 1 heterocycles. The maximum atomic E-state index is 13.1. The fourth-order valence-electron chi connectivity index (χ4n) is 3.19. The Morgan fingerprint density at radius 3 is 2.63 bits per heavy atom. The lowest BCUT2D eigenvalue weighted by atomic mass is 10.2. The number of aryl methyl sites for hydroxylation is 1. The number of hydrogen-bond acceptors (Lipinski definition) is 3. The van der Waals surface area contributed by atoms with Gasteiger partial charge < -0.3 is 15.0 Å². The minimum absolute atomic E-state index is 0.139. The first-order valence-electron chi connectivity index (χ1n) is 9.50. The van der Waals surface area contributed by atoms with Crippen LogP contribution >= 0.6 is 27.7 Å². The number of halogens is 1. The third-order valence-electron chi connectivity index (χ3n) is 4.77. The Labute approximate surface area is 188 Å². The third-order valence-corrected chi connectivity index (χ3v) is 6.40. The van der Waals surface area contributed by atoms with Gasteiger partial charge >= 0.3 is 0 Å². The summed E-state index contributed by atoms with van der Waals surface area (Å²) in [7, 11) is 1.64. The van der Waals surface area contributed by atoms with Crippen LogP contribution in [0.5, 0.6) is 5.75 Å². The molecular weight excluding hydrogens is 460 g/mol. The molecule has 0 atom stereocenters. The molecule has 6 heteroatoms. The van der Waals surface area contributed by atoms with Gasteiger partial charge in [-0.05, 0) is 48.9 Å². The van der Waals surface area contributed by atoms with Crippen LogP contribution in [0.1, 0.15) is 21.6 Å². The van der Waals surface area contributed by atoms with E-state index >= 15 is 0 Å². The van der Waals surface area contributed by atoms with E-state index in [1.165, 1.54) is 5.56 Å². The Kier molecular flexibility index (Phi) is 6.16. The average molecular weight is 481 g/mol. The van der Waals surface area contributed by atoms with Gasteiger partial charge in [-0.3, -0.25) is 4.79 Å². The maximum absolute atomic E-state index is 13.1. The van der Waals surface area contributed by atoms with Gasteiger partial charge in [-0.15, -0.1) is 0 Å². The minimum Gasteiger partial charge on any atom is -0.497 e. The van der Waals surface area contributed by atoms with Gasteiger partial charge in [-0.25, -0.2) is 0 Å². The topological polar surface area (TPSA) is 54.1 Å². The van der Waals surface area contributed by atoms with E-state index in [0.29, 0.717) is 12.2 Å². The number of carbonyl (C=O) groups is 1. The molecule has 4 aromatic rings. The minimum atomic E-state index is -0.139. The number of aromatic nitrogens is 1. The fourth-order valence-corrected chi connectivity index (χ4v) is 4.67. The number of H-pyrrole nitrogens is 1. The fraction of sp³-hybridized carbons (Fsp3) is 0.125. The quantitative estimate of drug-likeness (QED) is 0.339. The zero-order chi connectivity index (χ0) is 21.1. The van der Waals surface area contributed by atoms with Crippen molar-refractivity contribution in [3.63, 3.8) is 0 Å². The number of methoxy groups -OCH3 is 1. The summed E-state index contributed by atoms with van der Waals surface area (Å²) in [5.41, 5.74) is 3.66. The molecule has 2 N–H and O–H groups in total. The normalized spacial score (nSPS) is 10.9. The highest BCUT2D eigenvalue weighted by Gasteiger charge is 2.19. The molecule has 3 aromatic carbocycles. The van der Waals surface area contributed by atoms with E-state index < -0.39 is 0 Å². The molecule has 30 heavy (non-hydrogen) atoms. The maximum Gasteiger partial charge on any atom is 0.269 e. The number of benzene rings is 3. The lowest BCUT2D eigenvalue weighted by Crippen LogP contribution is -2.23. The van der Waals surface area contributed by atoms with Crippen molar-refractivity contribution in [1.82, 2.24) is 10.3 Å². The second-order valence-corrected chi connectivity index (χ2v) is 8.97. The van der Waals surface area contributed by atoms with Crippen LogP contribution in [0, 0.1) is 6.92 Å². The molecule has 1 aromatic heterocycles. The molecule has 152 valence electrons. The molecule has 0 aliphatic carbocycles. The zero-order valence-corrected chi connectivity index (χ0v) is 19.1. The van der Waals surface area contributed by atoms with E-state index in [1.807, 2.05) is 42.5 Å². The standard InChI is InChI=1S/C24H21BrN2O2S/c1-15-6-9-19(10-7-15)30-23-20-11-8-18(29-2)13-21(20)27-22(23)24(28)26-14-16-4-3-5-17(25)12-16/h3-13,27H,14H2,1-2H3,(H,26,28). The average Bonchev–Trinajstić information content (AvgIpc) is 3.11. The molecule has 0 radical (unpaired) electrons. The first kappa shape index (κ1) is 20.6. The molecule has 0 aliphatic rings. The number of hydrogen-bond donors (Lipinski definition) is 2. The Bertz CT molecular complexity index is 1200. The Hall–Kier alpha value is -2.70. The summed E-state index contributed by atoms with van der Waals surface area (Å²) in [5, 5.41) is 4.03. The van der Waals surface area contributed by atoms with Crippen LogP contribution in [0.3, 0.4) is 0 Å². The second-order valence-electron chi connectivity index (χ2n) is 6.97. The number of nitrogens with one attached hydrogen (secondary N) is 2. The summed E-state index contributed by atoms with van der Waals surface area (Å²) in [6, 6.07) is 22.0. The van der Waals surface area contributed by atoms with Gasteiger partial charge in [0.1, 0.15) is 11.4 Å². The van der Waals surface area contributed by atoms with E-state index in [9.17, 15) is 4.79 Å². The molecule has 0 unspecified atom stereocenters. The van der Waals surface area contributed by atoms with Crippen molar-refractivity contribution in [2.75, 3.05) is 7.11 Å². The summed E-state index contributed by atoms with van der Waals surface area (Å²) >= 11 is 5.06. The highest BCUT2D eigenvalue weighted by molar-refractivity contribution is 9.10.